The van der Waals surface area contributed by atoms with Gasteiger partial charge in [0, 0.05) is 12.6 Å². The first-order valence-corrected chi connectivity index (χ1v) is 4.71. The second kappa shape index (κ2) is 7.32. The van der Waals surface area contributed by atoms with Gasteiger partial charge in [-0.15, -0.1) is 6.58 Å². The Balaban J connectivity index is 3.49. The van der Waals surface area contributed by atoms with Crippen molar-refractivity contribution in [3.05, 3.63) is 12.7 Å². The van der Waals surface area contributed by atoms with Gasteiger partial charge in [-0.2, -0.15) is 0 Å². The molecule has 0 fully saturated rings. The number of aliphatic hydroxyl groups excluding tert-OH is 1. The van der Waals surface area contributed by atoms with Crippen molar-refractivity contribution in [1.29, 1.82) is 0 Å². The molecule has 0 heterocycles. The van der Waals surface area contributed by atoms with Gasteiger partial charge < -0.3 is 10.4 Å². The molecule has 0 radical (unpaired) electrons. The molecule has 0 spiro atoms. The van der Waals surface area contributed by atoms with Crippen LogP contribution in [0.2, 0.25) is 0 Å². The molecule has 0 amide bonds. The van der Waals surface area contributed by atoms with Gasteiger partial charge in [0.05, 0.1) is 0 Å². The number of rotatable bonds is 7. The molecule has 0 rings (SSSR count). The van der Waals surface area contributed by atoms with E-state index < -0.39 is 0 Å². The fourth-order valence-corrected chi connectivity index (χ4v) is 1.07. The van der Waals surface area contributed by atoms with E-state index in [0.717, 1.165) is 19.4 Å². The fraction of sp³-hybridized carbons (Fsp3) is 0.800. The summed E-state index contributed by atoms with van der Waals surface area (Å²) in [6.45, 7) is 9.20. The van der Waals surface area contributed by atoms with Crippen molar-refractivity contribution in [3.63, 3.8) is 0 Å². The average Bonchev–Trinajstić information content (AvgIpc) is 2.11. The van der Waals surface area contributed by atoms with Gasteiger partial charge in [-0.3, -0.25) is 0 Å². The minimum Gasteiger partial charge on any atom is -0.396 e. The summed E-state index contributed by atoms with van der Waals surface area (Å²) in [5, 5.41) is 12.1. The maximum atomic E-state index is 8.74. The monoisotopic (exact) mass is 171 g/mol. The Labute approximate surface area is 75.7 Å². The van der Waals surface area contributed by atoms with Gasteiger partial charge in [-0.1, -0.05) is 19.4 Å². The number of hydrogen-bond donors (Lipinski definition) is 2. The maximum Gasteiger partial charge on any atom is 0.0434 e. The van der Waals surface area contributed by atoms with Crippen molar-refractivity contribution in [2.75, 3.05) is 13.2 Å². The lowest BCUT2D eigenvalue weighted by Gasteiger charge is -2.16. The van der Waals surface area contributed by atoms with Crippen LogP contribution in [-0.4, -0.2) is 24.3 Å². The van der Waals surface area contributed by atoms with Crippen molar-refractivity contribution in [2.45, 2.75) is 32.7 Å². The highest BCUT2D eigenvalue weighted by molar-refractivity contribution is 4.81. The van der Waals surface area contributed by atoms with Gasteiger partial charge in [0.2, 0.25) is 0 Å². The first kappa shape index (κ1) is 11.7. The molecule has 2 atom stereocenters. The van der Waals surface area contributed by atoms with Crippen LogP contribution in [0.25, 0.3) is 0 Å². The zero-order chi connectivity index (χ0) is 9.40. The lowest BCUT2D eigenvalue weighted by atomic mass is 10.0. The molecule has 2 nitrogen and oxygen atoms in total. The Hall–Kier alpha value is -0.340. The quantitative estimate of drug-likeness (QED) is 0.570. The Morgan fingerprint density at radius 2 is 2.25 bits per heavy atom. The molecule has 0 saturated carbocycles. The summed E-state index contributed by atoms with van der Waals surface area (Å²) in [6, 6.07) is 0.373. The van der Waals surface area contributed by atoms with Gasteiger partial charge in [-0.25, -0.2) is 0 Å². The van der Waals surface area contributed by atoms with Gasteiger partial charge in [0.1, 0.15) is 0 Å². The van der Waals surface area contributed by atoms with E-state index in [-0.39, 0.29) is 0 Å². The Morgan fingerprint density at radius 1 is 1.58 bits per heavy atom. The van der Waals surface area contributed by atoms with E-state index in [1.54, 1.807) is 0 Å². The average molecular weight is 171 g/mol. The van der Waals surface area contributed by atoms with Crippen LogP contribution >= 0.6 is 0 Å². The van der Waals surface area contributed by atoms with Crippen LogP contribution in [0.15, 0.2) is 12.7 Å². The second-order valence-corrected chi connectivity index (χ2v) is 3.22. The number of aliphatic hydroxyl groups is 1. The predicted octanol–water partition coefficient (Wildman–Crippen LogP) is 1.56. The smallest absolute Gasteiger partial charge is 0.0434 e. The van der Waals surface area contributed by atoms with Crippen LogP contribution in [0.3, 0.4) is 0 Å². The number of nitrogens with one attached hydrogen (secondary N) is 1. The molecule has 0 aromatic rings. The van der Waals surface area contributed by atoms with E-state index in [4.69, 9.17) is 5.11 Å². The van der Waals surface area contributed by atoms with Gasteiger partial charge in [-0.05, 0) is 25.8 Å². The summed E-state index contributed by atoms with van der Waals surface area (Å²) in [5.74, 6) is 0.595. The maximum absolute atomic E-state index is 8.74. The Bertz CT molecular complexity index is 114. The molecule has 0 aliphatic carbocycles. The highest BCUT2D eigenvalue weighted by atomic mass is 16.3. The molecule has 0 bridgehead atoms. The zero-order valence-electron chi connectivity index (χ0n) is 8.21. The lowest BCUT2D eigenvalue weighted by molar-refractivity contribution is 0.250. The molecular formula is C10H21NO. The first-order valence-electron chi connectivity index (χ1n) is 4.71. The number of hydrogen-bond acceptors (Lipinski definition) is 2. The van der Waals surface area contributed by atoms with E-state index in [2.05, 4.69) is 25.7 Å². The van der Waals surface area contributed by atoms with Crippen LogP contribution in [0.4, 0.5) is 0 Å². The van der Waals surface area contributed by atoms with Crippen LogP contribution in [0.1, 0.15) is 26.7 Å². The summed E-state index contributed by atoms with van der Waals surface area (Å²) < 4.78 is 0. The van der Waals surface area contributed by atoms with Crippen molar-refractivity contribution < 1.29 is 5.11 Å². The SMILES string of the molecule is C=CC(C)NCC(CC)CCO. The van der Waals surface area contributed by atoms with Crippen molar-refractivity contribution in [3.8, 4) is 0 Å². The molecule has 0 aromatic carbocycles. The van der Waals surface area contributed by atoms with Crippen LogP contribution < -0.4 is 5.32 Å². The summed E-state index contributed by atoms with van der Waals surface area (Å²) in [6.07, 6.45) is 3.91. The molecule has 2 unspecified atom stereocenters. The summed E-state index contributed by atoms with van der Waals surface area (Å²) in [4.78, 5) is 0. The molecule has 2 heteroatoms. The van der Waals surface area contributed by atoms with Crippen LogP contribution in [-0.2, 0) is 0 Å². The van der Waals surface area contributed by atoms with E-state index in [1.165, 1.54) is 0 Å². The Kier molecular flexibility index (Phi) is 7.11. The predicted molar refractivity (Wildman–Crippen MR) is 53.1 cm³/mol. The minimum atomic E-state index is 0.294. The third kappa shape index (κ3) is 5.33. The van der Waals surface area contributed by atoms with Gasteiger partial charge in [0.15, 0.2) is 0 Å². The Morgan fingerprint density at radius 3 is 2.67 bits per heavy atom. The molecule has 12 heavy (non-hydrogen) atoms. The summed E-state index contributed by atoms with van der Waals surface area (Å²) in [5.41, 5.74) is 0. The van der Waals surface area contributed by atoms with E-state index in [1.807, 2.05) is 6.08 Å². The lowest BCUT2D eigenvalue weighted by Crippen LogP contribution is -2.29. The van der Waals surface area contributed by atoms with E-state index in [0.29, 0.717) is 18.6 Å². The third-order valence-electron chi connectivity index (χ3n) is 2.20. The zero-order valence-corrected chi connectivity index (χ0v) is 8.21. The highest BCUT2D eigenvalue weighted by Gasteiger charge is 2.05. The molecule has 0 aliphatic heterocycles. The van der Waals surface area contributed by atoms with Crippen LogP contribution in [0, 0.1) is 5.92 Å². The molecule has 0 aliphatic rings. The normalized spacial score (nSPS) is 15.6. The third-order valence-corrected chi connectivity index (χ3v) is 2.20. The fourth-order valence-electron chi connectivity index (χ4n) is 1.07. The molecular weight excluding hydrogens is 150 g/mol. The van der Waals surface area contributed by atoms with Crippen molar-refractivity contribution in [2.24, 2.45) is 5.92 Å². The topological polar surface area (TPSA) is 32.3 Å². The van der Waals surface area contributed by atoms with E-state index in [9.17, 15) is 0 Å². The highest BCUT2D eigenvalue weighted by Crippen LogP contribution is 2.05. The molecule has 0 aromatic heterocycles. The molecule has 0 saturated heterocycles. The standard InChI is InChI=1S/C10H21NO/c1-4-9(3)11-8-10(5-2)6-7-12/h4,9-12H,1,5-8H2,2-3H3. The van der Waals surface area contributed by atoms with Crippen LogP contribution in [0.5, 0.6) is 0 Å². The molecule has 72 valence electrons. The molecule has 2 N–H and O–H groups in total. The largest absolute Gasteiger partial charge is 0.396 e. The van der Waals surface area contributed by atoms with Gasteiger partial charge >= 0.3 is 0 Å². The van der Waals surface area contributed by atoms with Gasteiger partial charge in [0.25, 0.3) is 0 Å². The summed E-state index contributed by atoms with van der Waals surface area (Å²) >= 11 is 0. The van der Waals surface area contributed by atoms with Crippen molar-refractivity contribution in [1.82, 2.24) is 5.32 Å². The minimum absolute atomic E-state index is 0.294. The van der Waals surface area contributed by atoms with E-state index >= 15 is 0 Å². The summed E-state index contributed by atoms with van der Waals surface area (Å²) in [7, 11) is 0. The first-order chi connectivity index (χ1) is 5.74. The second-order valence-electron chi connectivity index (χ2n) is 3.22. The van der Waals surface area contributed by atoms with Crippen molar-refractivity contribution >= 4 is 0 Å².